The van der Waals surface area contributed by atoms with Crippen LogP contribution in [0.25, 0.3) is 0 Å². The number of hydrogen-bond acceptors (Lipinski definition) is 2. The molecule has 2 heteroatoms. The molecule has 21 heavy (non-hydrogen) atoms. The molecule has 0 aromatic carbocycles. The molecule has 1 atom stereocenters. The van der Waals surface area contributed by atoms with Crippen molar-refractivity contribution in [3.8, 4) is 0 Å². The van der Waals surface area contributed by atoms with Gasteiger partial charge < -0.3 is 9.64 Å². The van der Waals surface area contributed by atoms with Crippen molar-refractivity contribution in [1.29, 1.82) is 0 Å². The zero-order chi connectivity index (χ0) is 14.8. The normalized spacial score (nSPS) is 32.9. The highest BCUT2D eigenvalue weighted by atomic mass is 16.5. The number of rotatable bonds is 2. The van der Waals surface area contributed by atoms with Gasteiger partial charge in [-0.1, -0.05) is 27.7 Å². The van der Waals surface area contributed by atoms with Crippen LogP contribution in [0.3, 0.4) is 0 Å². The predicted molar refractivity (Wildman–Crippen MR) is 85.9 cm³/mol. The molecule has 1 unspecified atom stereocenters. The Bertz CT molecular complexity index is 464. The maximum Gasteiger partial charge on any atom is 0.0550 e. The number of nitrogens with zero attached hydrogens (tertiary/aromatic N) is 1. The molecule has 0 aromatic rings. The second-order valence-electron chi connectivity index (χ2n) is 8.74. The highest BCUT2D eigenvalue weighted by Crippen LogP contribution is 2.63. The Labute approximate surface area is 129 Å². The number of hydrogen-bond donors (Lipinski definition) is 0. The van der Waals surface area contributed by atoms with Crippen LogP contribution in [0.5, 0.6) is 0 Å². The van der Waals surface area contributed by atoms with E-state index in [9.17, 15) is 0 Å². The van der Waals surface area contributed by atoms with E-state index in [1.54, 1.807) is 5.70 Å². The molecule has 0 amide bonds. The van der Waals surface area contributed by atoms with Crippen molar-refractivity contribution in [3.05, 3.63) is 11.3 Å². The molecule has 1 aliphatic carbocycles. The molecule has 4 heterocycles. The Kier molecular flexibility index (Phi) is 3.03. The summed E-state index contributed by atoms with van der Waals surface area (Å²) in [7, 11) is 0. The molecule has 0 saturated carbocycles. The molecule has 1 spiro atoms. The topological polar surface area (TPSA) is 12.5 Å². The van der Waals surface area contributed by atoms with Crippen LogP contribution in [-0.2, 0) is 4.74 Å². The molecule has 5 aliphatic rings. The van der Waals surface area contributed by atoms with Crippen LogP contribution < -0.4 is 0 Å². The second-order valence-corrected chi connectivity index (χ2v) is 8.74. The highest BCUT2D eigenvalue weighted by molar-refractivity contribution is 5.36. The van der Waals surface area contributed by atoms with Gasteiger partial charge in [-0.25, -0.2) is 0 Å². The number of ether oxygens (including phenoxy) is 1. The van der Waals surface area contributed by atoms with E-state index < -0.39 is 0 Å². The third kappa shape index (κ3) is 1.69. The average molecular weight is 289 g/mol. The predicted octanol–water partition coefficient (Wildman–Crippen LogP) is 4.07. The van der Waals surface area contributed by atoms with Crippen molar-refractivity contribution in [3.63, 3.8) is 0 Å². The zero-order valence-electron chi connectivity index (χ0n) is 14.2. The van der Waals surface area contributed by atoms with Gasteiger partial charge in [-0.2, -0.15) is 0 Å². The maximum absolute atomic E-state index is 5.71. The fraction of sp³-hybridized carbons (Fsp3) is 0.895. The van der Waals surface area contributed by atoms with Crippen molar-refractivity contribution in [2.45, 2.75) is 53.4 Å². The SMILES string of the molecule is CC(C)C1C2=C(CCC13COC3)N1CCC2(C(C)C)CC1. The maximum atomic E-state index is 5.71. The number of fused-ring (bicyclic) bond motifs is 2. The summed E-state index contributed by atoms with van der Waals surface area (Å²) in [6.07, 6.45) is 5.46. The second kappa shape index (κ2) is 4.50. The van der Waals surface area contributed by atoms with Crippen LogP contribution in [0.15, 0.2) is 11.3 Å². The van der Waals surface area contributed by atoms with Gasteiger partial charge in [0.25, 0.3) is 0 Å². The van der Waals surface area contributed by atoms with Gasteiger partial charge in [0.1, 0.15) is 0 Å². The fourth-order valence-electron chi connectivity index (χ4n) is 6.13. The van der Waals surface area contributed by atoms with Crippen LogP contribution in [-0.4, -0.2) is 31.2 Å². The molecule has 4 aliphatic heterocycles. The molecule has 2 bridgehead atoms. The average Bonchev–Trinajstić information content (AvgIpc) is 2.45. The van der Waals surface area contributed by atoms with E-state index in [4.69, 9.17) is 4.74 Å². The Morgan fingerprint density at radius 1 is 1.05 bits per heavy atom. The lowest BCUT2D eigenvalue weighted by atomic mass is 9.49. The van der Waals surface area contributed by atoms with E-state index in [1.807, 2.05) is 5.57 Å². The van der Waals surface area contributed by atoms with Gasteiger partial charge in [-0.3, -0.25) is 0 Å². The summed E-state index contributed by atoms with van der Waals surface area (Å²) < 4.78 is 5.71. The first kappa shape index (κ1) is 14.1. The van der Waals surface area contributed by atoms with Gasteiger partial charge in [0.15, 0.2) is 0 Å². The first-order valence-electron chi connectivity index (χ1n) is 9.06. The van der Waals surface area contributed by atoms with Crippen LogP contribution >= 0.6 is 0 Å². The van der Waals surface area contributed by atoms with E-state index >= 15 is 0 Å². The van der Waals surface area contributed by atoms with E-state index in [1.165, 1.54) is 38.8 Å². The third-order valence-corrected chi connectivity index (χ3v) is 7.27. The summed E-state index contributed by atoms with van der Waals surface area (Å²) in [6.45, 7) is 14.5. The standard InChI is InChI=1S/C19H31NO/c1-13(2)16-17-15(5-6-18(16)11-21-12-18)20-9-7-19(17,8-10-20)14(3)4/h13-14,16H,5-12H2,1-4H3. The molecule has 2 saturated heterocycles. The summed E-state index contributed by atoms with van der Waals surface area (Å²) in [5.74, 6) is 2.29. The summed E-state index contributed by atoms with van der Waals surface area (Å²) in [6, 6.07) is 0. The molecular formula is C19H31NO. The van der Waals surface area contributed by atoms with E-state index in [2.05, 4.69) is 32.6 Å². The van der Waals surface area contributed by atoms with Gasteiger partial charge in [0.2, 0.25) is 0 Å². The molecule has 0 aromatic heterocycles. The minimum atomic E-state index is 0.480. The van der Waals surface area contributed by atoms with Crippen LogP contribution in [0.1, 0.15) is 53.4 Å². The summed E-state index contributed by atoms with van der Waals surface area (Å²) in [5.41, 5.74) is 4.63. The molecule has 2 fully saturated rings. The van der Waals surface area contributed by atoms with Gasteiger partial charge >= 0.3 is 0 Å². The molecule has 5 rings (SSSR count). The number of piperidine rings is 1. The van der Waals surface area contributed by atoms with E-state index in [-0.39, 0.29) is 0 Å². The van der Waals surface area contributed by atoms with Gasteiger partial charge in [0, 0.05) is 24.2 Å². The van der Waals surface area contributed by atoms with Crippen molar-refractivity contribution in [2.75, 3.05) is 26.3 Å². The van der Waals surface area contributed by atoms with Crippen LogP contribution in [0.4, 0.5) is 0 Å². The summed E-state index contributed by atoms with van der Waals surface area (Å²) in [5, 5.41) is 0. The first-order chi connectivity index (χ1) is 10.0. The zero-order valence-corrected chi connectivity index (χ0v) is 14.2. The Hall–Kier alpha value is -0.500. The lowest BCUT2D eigenvalue weighted by molar-refractivity contribution is -0.165. The van der Waals surface area contributed by atoms with Gasteiger partial charge in [-0.15, -0.1) is 0 Å². The smallest absolute Gasteiger partial charge is 0.0550 e. The minimum Gasteiger partial charge on any atom is -0.380 e. The lowest BCUT2D eigenvalue weighted by Crippen LogP contribution is -2.60. The first-order valence-corrected chi connectivity index (χ1v) is 9.06. The molecule has 0 radical (unpaired) electrons. The third-order valence-electron chi connectivity index (χ3n) is 7.27. The van der Waals surface area contributed by atoms with Crippen LogP contribution in [0, 0.1) is 28.6 Å². The monoisotopic (exact) mass is 289 g/mol. The van der Waals surface area contributed by atoms with Gasteiger partial charge in [-0.05, 0) is 54.4 Å². The van der Waals surface area contributed by atoms with Crippen molar-refractivity contribution < 1.29 is 4.74 Å². The van der Waals surface area contributed by atoms with Gasteiger partial charge in [0.05, 0.1) is 13.2 Å². The molecular weight excluding hydrogens is 258 g/mol. The largest absolute Gasteiger partial charge is 0.380 e. The quantitative estimate of drug-likeness (QED) is 0.759. The van der Waals surface area contributed by atoms with Crippen molar-refractivity contribution >= 4 is 0 Å². The molecule has 2 nitrogen and oxygen atoms in total. The summed E-state index contributed by atoms with van der Waals surface area (Å²) >= 11 is 0. The highest BCUT2D eigenvalue weighted by Gasteiger charge is 2.58. The Morgan fingerprint density at radius 2 is 1.71 bits per heavy atom. The molecule has 0 N–H and O–H groups in total. The van der Waals surface area contributed by atoms with Crippen molar-refractivity contribution in [2.24, 2.45) is 28.6 Å². The van der Waals surface area contributed by atoms with E-state index in [0.29, 0.717) is 10.8 Å². The van der Waals surface area contributed by atoms with E-state index in [0.717, 1.165) is 31.0 Å². The fourth-order valence-corrected chi connectivity index (χ4v) is 6.13. The van der Waals surface area contributed by atoms with Crippen LogP contribution in [0.2, 0.25) is 0 Å². The Morgan fingerprint density at radius 3 is 2.19 bits per heavy atom. The minimum absolute atomic E-state index is 0.480. The Balaban J connectivity index is 1.86. The number of allylic oxidation sites excluding steroid dienone is 2. The summed E-state index contributed by atoms with van der Waals surface area (Å²) in [4.78, 5) is 2.74. The van der Waals surface area contributed by atoms with Crippen molar-refractivity contribution in [1.82, 2.24) is 4.90 Å². The molecule has 118 valence electrons. The lowest BCUT2D eigenvalue weighted by Gasteiger charge is -2.63.